The number of carbonyl (C=O) groups is 1. The van der Waals surface area contributed by atoms with Crippen LogP contribution in [0.25, 0.3) is 16.9 Å². The Morgan fingerprint density at radius 1 is 1.28 bits per heavy atom. The zero-order chi connectivity index (χ0) is 20.2. The van der Waals surface area contributed by atoms with Gasteiger partial charge in [-0.2, -0.15) is 0 Å². The van der Waals surface area contributed by atoms with Crippen molar-refractivity contribution in [2.75, 3.05) is 18.9 Å². The third-order valence-corrected chi connectivity index (χ3v) is 4.58. The molecule has 0 spiro atoms. The summed E-state index contributed by atoms with van der Waals surface area (Å²) in [6, 6.07) is 9.79. The number of furan rings is 1. The second-order valence-electron chi connectivity index (χ2n) is 6.63. The molecule has 3 aromatic heterocycles. The number of hydrogen-bond acceptors (Lipinski definition) is 5. The van der Waals surface area contributed by atoms with Crippen molar-refractivity contribution in [1.29, 1.82) is 0 Å². The Kier molecular flexibility index (Phi) is 5.24. The molecule has 8 heteroatoms. The molecule has 1 aromatic carbocycles. The Labute approximate surface area is 166 Å². The molecule has 0 fully saturated rings. The van der Waals surface area contributed by atoms with Crippen LogP contribution in [0, 0.1) is 5.82 Å². The molecule has 4 rings (SSSR count). The lowest BCUT2D eigenvalue weighted by atomic mass is 10.1. The zero-order valence-electron chi connectivity index (χ0n) is 15.9. The number of halogens is 1. The number of nitrogens with zero attached hydrogens (tertiary/aromatic N) is 4. The molecule has 0 saturated carbocycles. The van der Waals surface area contributed by atoms with Crippen LogP contribution in [0.5, 0.6) is 0 Å². The van der Waals surface area contributed by atoms with E-state index in [1.807, 2.05) is 10.5 Å². The van der Waals surface area contributed by atoms with Crippen molar-refractivity contribution in [3.8, 4) is 11.3 Å². The summed E-state index contributed by atoms with van der Waals surface area (Å²) in [6.45, 7) is 0.847. The highest BCUT2D eigenvalue weighted by molar-refractivity contribution is 5.78. The van der Waals surface area contributed by atoms with Gasteiger partial charge in [-0.15, -0.1) is 0 Å². The van der Waals surface area contributed by atoms with Gasteiger partial charge in [-0.3, -0.25) is 14.2 Å². The van der Waals surface area contributed by atoms with E-state index in [2.05, 4.69) is 15.3 Å². The van der Waals surface area contributed by atoms with E-state index in [1.165, 1.54) is 12.1 Å². The van der Waals surface area contributed by atoms with Crippen LogP contribution in [0.4, 0.5) is 10.2 Å². The minimum atomic E-state index is -0.307. The maximum atomic E-state index is 13.3. The van der Waals surface area contributed by atoms with Crippen molar-refractivity contribution in [1.82, 2.24) is 19.3 Å². The minimum Gasteiger partial charge on any atom is -0.467 e. The van der Waals surface area contributed by atoms with Crippen molar-refractivity contribution in [2.24, 2.45) is 0 Å². The lowest BCUT2D eigenvalue weighted by Gasteiger charge is -2.16. The summed E-state index contributed by atoms with van der Waals surface area (Å²) in [7, 11) is 1.74. The largest absolute Gasteiger partial charge is 0.467 e. The molecule has 0 unspecified atom stereocenters. The number of hydrogen-bond donors (Lipinski definition) is 1. The molecule has 0 saturated heterocycles. The molecule has 7 nitrogen and oxygen atoms in total. The predicted octanol–water partition coefficient (Wildman–Crippen LogP) is 3.59. The van der Waals surface area contributed by atoms with Gasteiger partial charge >= 0.3 is 0 Å². The van der Waals surface area contributed by atoms with Crippen LogP contribution in [0.15, 0.2) is 65.7 Å². The number of amides is 1. The van der Waals surface area contributed by atoms with Gasteiger partial charge in [0.25, 0.3) is 0 Å². The number of aromatic nitrogens is 3. The molecule has 1 N–H and O–H groups in total. The van der Waals surface area contributed by atoms with E-state index in [9.17, 15) is 9.18 Å². The molecule has 0 aliphatic heterocycles. The van der Waals surface area contributed by atoms with Crippen LogP contribution < -0.4 is 5.32 Å². The van der Waals surface area contributed by atoms with E-state index in [0.29, 0.717) is 30.9 Å². The molecule has 1 amide bonds. The number of anilines is 1. The van der Waals surface area contributed by atoms with Crippen molar-refractivity contribution in [3.63, 3.8) is 0 Å². The predicted molar refractivity (Wildman–Crippen MR) is 107 cm³/mol. The van der Waals surface area contributed by atoms with Gasteiger partial charge in [-0.1, -0.05) is 0 Å². The summed E-state index contributed by atoms with van der Waals surface area (Å²) >= 11 is 0. The van der Waals surface area contributed by atoms with E-state index in [4.69, 9.17) is 4.42 Å². The number of imidazole rings is 1. The number of fused-ring (bicyclic) bond motifs is 1. The summed E-state index contributed by atoms with van der Waals surface area (Å²) in [5, 5.41) is 3.30. The number of nitrogens with one attached hydrogen (secondary N) is 1. The maximum absolute atomic E-state index is 13.3. The first-order chi connectivity index (χ1) is 14.1. The topological polar surface area (TPSA) is 75.7 Å². The Morgan fingerprint density at radius 2 is 2.10 bits per heavy atom. The van der Waals surface area contributed by atoms with Gasteiger partial charge in [0, 0.05) is 38.0 Å². The first kappa shape index (κ1) is 18.7. The zero-order valence-corrected chi connectivity index (χ0v) is 15.9. The standard InChI is InChI=1S/C21H20FN5O2/c1-26(14-17-3-2-12-29-17)19(28)8-9-24-21-20(15-4-6-16(22)7-5-15)25-18-13-23-10-11-27(18)21/h2-7,10-13,24H,8-9,14H2,1H3. The van der Waals surface area contributed by atoms with Gasteiger partial charge in [0.2, 0.25) is 5.91 Å². The molecular weight excluding hydrogens is 373 g/mol. The highest BCUT2D eigenvalue weighted by Crippen LogP contribution is 2.28. The Morgan fingerprint density at radius 3 is 2.86 bits per heavy atom. The fourth-order valence-electron chi connectivity index (χ4n) is 3.09. The molecule has 0 bridgehead atoms. The maximum Gasteiger partial charge on any atom is 0.224 e. The Balaban J connectivity index is 1.49. The van der Waals surface area contributed by atoms with E-state index in [-0.39, 0.29) is 11.7 Å². The summed E-state index contributed by atoms with van der Waals surface area (Å²) in [5.74, 6) is 1.16. The van der Waals surface area contributed by atoms with E-state index >= 15 is 0 Å². The summed E-state index contributed by atoms with van der Waals surface area (Å²) in [6.07, 6.45) is 7.00. The lowest BCUT2D eigenvalue weighted by Crippen LogP contribution is -2.27. The smallest absolute Gasteiger partial charge is 0.224 e. The quantitative estimate of drug-likeness (QED) is 0.519. The normalized spacial score (nSPS) is 11.0. The van der Waals surface area contributed by atoms with Gasteiger partial charge in [-0.25, -0.2) is 9.37 Å². The van der Waals surface area contributed by atoms with Crippen LogP contribution in [-0.4, -0.2) is 38.8 Å². The fraction of sp³-hybridized carbons (Fsp3) is 0.190. The average molecular weight is 393 g/mol. The van der Waals surface area contributed by atoms with Crippen LogP contribution in [0.3, 0.4) is 0 Å². The van der Waals surface area contributed by atoms with Gasteiger partial charge in [-0.05, 0) is 36.4 Å². The molecule has 0 atom stereocenters. The molecule has 0 aliphatic rings. The summed E-state index contributed by atoms with van der Waals surface area (Å²) in [5.41, 5.74) is 2.11. The van der Waals surface area contributed by atoms with Crippen LogP contribution in [-0.2, 0) is 11.3 Å². The molecule has 0 radical (unpaired) electrons. The first-order valence-corrected chi connectivity index (χ1v) is 9.20. The molecule has 0 aliphatic carbocycles. The SMILES string of the molecule is CN(Cc1ccco1)C(=O)CCNc1c(-c2ccc(F)cc2)nc2cnccn12. The third-order valence-electron chi connectivity index (χ3n) is 4.58. The Hall–Kier alpha value is -3.68. The number of benzene rings is 1. The van der Waals surface area contributed by atoms with E-state index in [1.54, 1.807) is 55.0 Å². The molecule has 4 aromatic rings. The number of carbonyl (C=O) groups excluding carboxylic acids is 1. The second-order valence-corrected chi connectivity index (χ2v) is 6.63. The lowest BCUT2D eigenvalue weighted by molar-refractivity contribution is -0.130. The average Bonchev–Trinajstić information content (AvgIpc) is 3.36. The second kappa shape index (κ2) is 8.14. The van der Waals surface area contributed by atoms with Gasteiger partial charge in [0.1, 0.15) is 23.1 Å². The van der Waals surface area contributed by atoms with Crippen LogP contribution in [0.2, 0.25) is 0 Å². The highest BCUT2D eigenvalue weighted by Gasteiger charge is 2.15. The van der Waals surface area contributed by atoms with Crippen molar-refractivity contribution >= 4 is 17.4 Å². The summed E-state index contributed by atoms with van der Waals surface area (Å²) < 4.78 is 20.5. The molecule has 148 valence electrons. The molecular formula is C21H20FN5O2. The van der Waals surface area contributed by atoms with E-state index < -0.39 is 0 Å². The van der Waals surface area contributed by atoms with Crippen molar-refractivity contribution in [3.05, 3.63) is 72.8 Å². The monoisotopic (exact) mass is 393 g/mol. The van der Waals surface area contributed by atoms with Gasteiger partial charge < -0.3 is 14.6 Å². The molecule has 3 heterocycles. The minimum absolute atomic E-state index is 0.00674. The van der Waals surface area contributed by atoms with Gasteiger partial charge in [0.15, 0.2) is 5.65 Å². The number of rotatable bonds is 7. The summed E-state index contributed by atoms with van der Waals surface area (Å²) in [4.78, 5) is 22.8. The Bertz CT molecular complexity index is 1110. The van der Waals surface area contributed by atoms with Crippen molar-refractivity contribution in [2.45, 2.75) is 13.0 Å². The molecule has 29 heavy (non-hydrogen) atoms. The first-order valence-electron chi connectivity index (χ1n) is 9.20. The van der Waals surface area contributed by atoms with E-state index in [0.717, 1.165) is 17.1 Å². The van der Waals surface area contributed by atoms with Crippen LogP contribution in [0.1, 0.15) is 12.2 Å². The van der Waals surface area contributed by atoms with Gasteiger partial charge in [0.05, 0.1) is 19.0 Å². The van der Waals surface area contributed by atoms with Crippen LogP contribution >= 0.6 is 0 Å². The third kappa shape index (κ3) is 4.11. The van der Waals surface area contributed by atoms with Crippen molar-refractivity contribution < 1.29 is 13.6 Å². The highest BCUT2D eigenvalue weighted by atomic mass is 19.1. The fourth-order valence-corrected chi connectivity index (χ4v) is 3.09.